The minimum atomic E-state index is -0.759. The van der Waals surface area contributed by atoms with Crippen LogP contribution in [0.3, 0.4) is 0 Å². The Balaban J connectivity index is 1.59. The normalized spacial score (nSPS) is 26.3. The second-order valence-electron chi connectivity index (χ2n) is 12.1. The number of aryl methyl sites for hydroxylation is 1. The summed E-state index contributed by atoms with van der Waals surface area (Å²) in [5.41, 5.74) is 1.87. The summed E-state index contributed by atoms with van der Waals surface area (Å²) in [6.07, 6.45) is 3.48. The average Bonchev–Trinajstić information content (AvgIpc) is 3.46. The van der Waals surface area contributed by atoms with Crippen LogP contribution in [0.4, 0.5) is 0 Å². The van der Waals surface area contributed by atoms with E-state index in [4.69, 9.17) is 0 Å². The second-order valence-corrected chi connectivity index (χ2v) is 12.1. The first-order chi connectivity index (χ1) is 17.9. The van der Waals surface area contributed by atoms with Gasteiger partial charge in [0.25, 0.3) is 0 Å². The fraction of sp³-hybridized carbons (Fsp3) is 0.655. The standard InChI is InChI=1S/C29H43N5O4/c1-17(30-6)26(36)32-25(29(3,4)5)28(38)33-15-14-23-24(33)21(16-34(23)18(2)35)27(37)31-22-13-9-11-19-10-7-8-12-20(19)22/h7-8,10,12,17,21-25,30H,9,11,13-16H2,1-6H3,(H,31,37)(H,32,36)/t17-,21-,22+,23+,24+,25+/m0/s1. The van der Waals surface area contributed by atoms with Gasteiger partial charge in [0.2, 0.25) is 23.6 Å². The molecule has 0 radical (unpaired) electrons. The van der Waals surface area contributed by atoms with Crippen LogP contribution >= 0.6 is 0 Å². The fourth-order valence-corrected chi connectivity index (χ4v) is 6.33. The number of nitrogens with zero attached hydrogens (tertiary/aromatic N) is 2. The van der Waals surface area contributed by atoms with E-state index in [1.54, 1.807) is 23.8 Å². The maximum absolute atomic E-state index is 14.0. The number of benzene rings is 1. The number of likely N-dealkylation sites (N-methyl/N-ethyl adjacent to an activating group) is 1. The van der Waals surface area contributed by atoms with Crippen molar-refractivity contribution in [1.29, 1.82) is 0 Å². The first-order valence-electron chi connectivity index (χ1n) is 13.9. The Morgan fingerprint density at radius 1 is 1.05 bits per heavy atom. The van der Waals surface area contributed by atoms with Crippen LogP contribution in [0.2, 0.25) is 0 Å². The number of amides is 4. The lowest BCUT2D eigenvalue weighted by molar-refractivity contribution is -0.142. The molecule has 6 atom stereocenters. The molecule has 38 heavy (non-hydrogen) atoms. The Bertz CT molecular complexity index is 1080. The van der Waals surface area contributed by atoms with Crippen molar-refractivity contribution in [3.63, 3.8) is 0 Å². The zero-order chi connectivity index (χ0) is 27.8. The molecule has 2 aliphatic heterocycles. The van der Waals surface area contributed by atoms with Gasteiger partial charge in [-0.05, 0) is 56.2 Å². The minimum Gasteiger partial charge on any atom is -0.349 e. The molecule has 1 aromatic rings. The molecule has 2 fully saturated rings. The Labute approximate surface area is 226 Å². The number of carbonyl (C=O) groups is 4. The van der Waals surface area contributed by atoms with E-state index in [2.05, 4.69) is 28.1 Å². The number of hydrogen-bond acceptors (Lipinski definition) is 5. The molecule has 2 saturated heterocycles. The van der Waals surface area contributed by atoms with Crippen molar-refractivity contribution in [1.82, 2.24) is 25.8 Å². The van der Waals surface area contributed by atoms with Gasteiger partial charge < -0.3 is 25.8 Å². The van der Waals surface area contributed by atoms with Gasteiger partial charge in [-0.25, -0.2) is 0 Å². The van der Waals surface area contributed by atoms with E-state index in [0.29, 0.717) is 13.0 Å². The summed E-state index contributed by atoms with van der Waals surface area (Å²) in [5, 5.41) is 9.13. The smallest absolute Gasteiger partial charge is 0.246 e. The average molecular weight is 526 g/mol. The van der Waals surface area contributed by atoms with Crippen LogP contribution in [-0.4, -0.2) is 77.7 Å². The Hall–Kier alpha value is -2.94. The summed E-state index contributed by atoms with van der Waals surface area (Å²) < 4.78 is 0. The third kappa shape index (κ3) is 5.44. The van der Waals surface area contributed by atoms with Crippen LogP contribution in [0.5, 0.6) is 0 Å². The summed E-state index contributed by atoms with van der Waals surface area (Å²) in [5.74, 6) is -1.19. The first kappa shape index (κ1) is 28.1. The molecule has 4 rings (SSSR count). The van der Waals surface area contributed by atoms with E-state index in [1.165, 1.54) is 12.5 Å². The van der Waals surface area contributed by atoms with Crippen LogP contribution in [0.25, 0.3) is 0 Å². The van der Waals surface area contributed by atoms with Crippen LogP contribution in [0.15, 0.2) is 24.3 Å². The highest BCUT2D eigenvalue weighted by molar-refractivity contribution is 5.91. The summed E-state index contributed by atoms with van der Waals surface area (Å²) in [6.45, 7) is 9.78. The summed E-state index contributed by atoms with van der Waals surface area (Å²) >= 11 is 0. The lowest BCUT2D eigenvalue weighted by Gasteiger charge is -2.37. The SMILES string of the molecule is CN[C@@H](C)C(=O)N[C@H](C(=O)N1CC[C@@H]2[C@H]1[C@@H](C(=O)N[C@@H]1CCCc3ccccc31)CN2C(C)=O)C(C)(C)C. The lowest BCUT2D eigenvalue weighted by Crippen LogP contribution is -2.59. The highest BCUT2D eigenvalue weighted by Gasteiger charge is 2.55. The number of carbonyl (C=O) groups excluding carboxylic acids is 4. The van der Waals surface area contributed by atoms with Crippen molar-refractivity contribution in [3.05, 3.63) is 35.4 Å². The van der Waals surface area contributed by atoms with Gasteiger partial charge in [0.05, 0.1) is 30.1 Å². The topological polar surface area (TPSA) is 111 Å². The maximum atomic E-state index is 14.0. The molecular formula is C29H43N5O4. The van der Waals surface area contributed by atoms with Crippen LogP contribution < -0.4 is 16.0 Å². The number of nitrogens with one attached hydrogen (secondary N) is 3. The molecule has 0 saturated carbocycles. The van der Waals surface area contributed by atoms with E-state index in [-0.39, 0.29) is 42.3 Å². The maximum Gasteiger partial charge on any atom is 0.246 e. The van der Waals surface area contributed by atoms with Gasteiger partial charge in [0.1, 0.15) is 6.04 Å². The van der Waals surface area contributed by atoms with E-state index < -0.39 is 29.5 Å². The highest BCUT2D eigenvalue weighted by Crippen LogP contribution is 2.38. The van der Waals surface area contributed by atoms with E-state index >= 15 is 0 Å². The van der Waals surface area contributed by atoms with Gasteiger partial charge in [-0.1, -0.05) is 45.0 Å². The second kappa shape index (κ2) is 11.0. The molecule has 4 amide bonds. The van der Waals surface area contributed by atoms with Crippen LogP contribution in [-0.2, 0) is 25.6 Å². The van der Waals surface area contributed by atoms with Gasteiger partial charge in [0, 0.05) is 20.0 Å². The van der Waals surface area contributed by atoms with Crippen molar-refractivity contribution < 1.29 is 19.2 Å². The molecule has 208 valence electrons. The van der Waals surface area contributed by atoms with Crippen molar-refractivity contribution in [2.45, 2.75) is 90.5 Å². The van der Waals surface area contributed by atoms with Gasteiger partial charge in [-0.2, -0.15) is 0 Å². The van der Waals surface area contributed by atoms with Gasteiger partial charge in [0.15, 0.2) is 0 Å². The van der Waals surface area contributed by atoms with Crippen LogP contribution in [0.1, 0.15) is 71.0 Å². The zero-order valence-corrected chi connectivity index (χ0v) is 23.5. The van der Waals surface area contributed by atoms with Gasteiger partial charge in [-0.3, -0.25) is 19.2 Å². The largest absolute Gasteiger partial charge is 0.349 e. The third-order valence-electron chi connectivity index (χ3n) is 8.56. The number of fused-ring (bicyclic) bond motifs is 2. The number of rotatable bonds is 6. The molecule has 0 unspecified atom stereocenters. The Morgan fingerprint density at radius 2 is 1.76 bits per heavy atom. The molecule has 0 spiro atoms. The Morgan fingerprint density at radius 3 is 2.42 bits per heavy atom. The van der Waals surface area contributed by atoms with Gasteiger partial charge >= 0.3 is 0 Å². The summed E-state index contributed by atoms with van der Waals surface area (Å²) in [4.78, 5) is 56.7. The monoisotopic (exact) mass is 525 g/mol. The minimum absolute atomic E-state index is 0.0764. The predicted molar refractivity (Wildman–Crippen MR) is 145 cm³/mol. The van der Waals surface area contributed by atoms with E-state index in [1.807, 2.05) is 32.9 Å². The fourth-order valence-electron chi connectivity index (χ4n) is 6.33. The molecule has 3 aliphatic rings. The predicted octanol–water partition coefficient (Wildman–Crippen LogP) is 1.77. The summed E-state index contributed by atoms with van der Waals surface area (Å²) in [7, 11) is 1.70. The molecule has 1 aromatic carbocycles. The van der Waals surface area contributed by atoms with Crippen molar-refractivity contribution in [3.8, 4) is 0 Å². The molecule has 1 aliphatic carbocycles. The highest BCUT2D eigenvalue weighted by atomic mass is 16.2. The lowest BCUT2D eigenvalue weighted by atomic mass is 9.84. The quantitative estimate of drug-likeness (QED) is 0.524. The van der Waals surface area contributed by atoms with Crippen molar-refractivity contribution in [2.24, 2.45) is 11.3 Å². The van der Waals surface area contributed by atoms with Crippen molar-refractivity contribution >= 4 is 23.6 Å². The third-order valence-corrected chi connectivity index (χ3v) is 8.56. The Kier molecular flexibility index (Phi) is 8.16. The number of hydrogen-bond donors (Lipinski definition) is 3. The van der Waals surface area contributed by atoms with E-state index in [0.717, 1.165) is 24.8 Å². The molecule has 9 heteroatoms. The first-order valence-corrected chi connectivity index (χ1v) is 13.9. The molecule has 2 heterocycles. The summed E-state index contributed by atoms with van der Waals surface area (Å²) in [6, 6.07) is 6.30. The number of likely N-dealkylation sites (tertiary alicyclic amines) is 2. The zero-order valence-electron chi connectivity index (χ0n) is 23.5. The molecule has 9 nitrogen and oxygen atoms in total. The van der Waals surface area contributed by atoms with Crippen LogP contribution in [0, 0.1) is 11.3 Å². The molecule has 0 aromatic heterocycles. The van der Waals surface area contributed by atoms with E-state index in [9.17, 15) is 19.2 Å². The van der Waals surface area contributed by atoms with Gasteiger partial charge in [-0.15, -0.1) is 0 Å². The molecule has 3 N–H and O–H groups in total. The van der Waals surface area contributed by atoms with Crippen molar-refractivity contribution in [2.75, 3.05) is 20.1 Å². The molecule has 0 bridgehead atoms. The molecular weight excluding hydrogens is 482 g/mol.